The first kappa shape index (κ1) is 18.2. The highest BCUT2D eigenvalue weighted by Gasteiger charge is 2.13. The summed E-state index contributed by atoms with van der Waals surface area (Å²) in [5.41, 5.74) is 1.45. The Morgan fingerprint density at radius 2 is 2.08 bits per heavy atom. The van der Waals surface area contributed by atoms with E-state index in [1.807, 2.05) is 12.1 Å². The SMILES string of the molecule is C=CCN(CC=C)C(=O)CNc1ccc(OC)c(-n2nnnc2C)c1. The molecule has 0 aliphatic heterocycles. The molecule has 1 amide bonds. The average molecular weight is 342 g/mol. The molecule has 0 bridgehead atoms. The van der Waals surface area contributed by atoms with Crippen LogP contribution in [0.15, 0.2) is 43.5 Å². The van der Waals surface area contributed by atoms with E-state index in [9.17, 15) is 4.79 Å². The summed E-state index contributed by atoms with van der Waals surface area (Å²) in [7, 11) is 1.58. The minimum absolute atomic E-state index is 0.0456. The van der Waals surface area contributed by atoms with Crippen molar-refractivity contribution in [1.29, 1.82) is 0 Å². The average Bonchev–Trinajstić information content (AvgIpc) is 3.05. The fourth-order valence-corrected chi connectivity index (χ4v) is 2.30. The molecule has 0 spiro atoms. The topological polar surface area (TPSA) is 85.2 Å². The van der Waals surface area contributed by atoms with E-state index in [4.69, 9.17) is 4.74 Å². The number of carbonyl (C=O) groups excluding carboxylic acids is 1. The molecule has 0 unspecified atom stereocenters. The number of tetrazole rings is 1. The van der Waals surface area contributed by atoms with Crippen LogP contribution in [0.1, 0.15) is 5.82 Å². The Morgan fingerprint density at radius 3 is 2.64 bits per heavy atom. The van der Waals surface area contributed by atoms with Gasteiger partial charge in [-0.1, -0.05) is 12.2 Å². The normalized spacial score (nSPS) is 10.2. The number of benzene rings is 1. The summed E-state index contributed by atoms with van der Waals surface area (Å²) < 4.78 is 6.94. The zero-order valence-corrected chi connectivity index (χ0v) is 14.5. The zero-order valence-electron chi connectivity index (χ0n) is 14.5. The second-order valence-corrected chi connectivity index (χ2v) is 5.25. The van der Waals surface area contributed by atoms with E-state index >= 15 is 0 Å². The number of aromatic nitrogens is 4. The van der Waals surface area contributed by atoms with Crippen molar-refractivity contribution in [2.45, 2.75) is 6.92 Å². The quantitative estimate of drug-likeness (QED) is 0.697. The lowest BCUT2D eigenvalue weighted by Crippen LogP contribution is -2.35. The van der Waals surface area contributed by atoms with Crippen LogP contribution in [0.4, 0.5) is 5.69 Å². The van der Waals surface area contributed by atoms with Gasteiger partial charge in [0.2, 0.25) is 5.91 Å². The molecule has 132 valence electrons. The predicted molar refractivity (Wildman–Crippen MR) is 95.9 cm³/mol. The number of methoxy groups -OCH3 is 1. The molecule has 1 N–H and O–H groups in total. The van der Waals surface area contributed by atoms with E-state index in [0.29, 0.717) is 30.4 Å². The molecule has 25 heavy (non-hydrogen) atoms. The molecule has 2 aromatic rings. The molecule has 0 fully saturated rings. The van der Waals surface area contributed by atoms with E-state index in [1.165, 1.54) is 0 Å². The molecule has 0 aliphatic rings. The van der Waals surface area contributed by atoms with Gasteiger partial charge in [0.25, 0.3) is 0 Å². The van der Waals surface area contributed by atoms with Crippen LogP contribution in [0.3, 0.4) is 0 Å². The maximum Gasteiger partial charge on any atom is 0.242 e. The Morgan fingerprint density at radius 1 is 1.36 bits per heavy atom. The van der Waals surface area contributed by atoms with Crippen molar-refractivity contribution in [3.63, 3.8) is 0 Å². The number of aryl methyl sites for hydroxylation is 1. The summed E-state index contributed by atoms with van der Waals surface area (Å²) in [6, 6.07) is 5.47. The van der Waals surface area contributed by atoms with Crippen LogP contribution >= 0.6 is 0 Å². The van der Waals surface area contributed by atoms with Gasteiger partial charge in [-0.25, -0.2) is 0 Å². The Bertz CT molecular complexity index is 745. The van der Waals surface area contributed by atoms with Crippen molar-refractivity contribution in [1.82, 2.24) is 25.1 Å². The first-order chi connectivity index (χ1) is 12.1. The molecule has 0 aliphatic carbocycles. The van der Waals surface area contributed by atoms with E-state index in [-0.39, 0.29) is 12.5 Å². The summed E-state index contributed by atoms with van der Waals surface area (Å²) in [5, 5.41) is 14.6. The molecule has 8 nitrogen and oxygen atoms in total. The number of anilines is 1. The zero-order chi connectivity index (χ0) is 18.2. The first-order valence-corrected chi connectivity index (χ1v) is 7.77. The van der Waals surface area contributed by atoms with Crippen LogP contribution < -0.4 is 10.1 Å². The van der Waals surface area contributed by atoms with Gasteiger partial charge in [0.1, 0.15) is 11.4 Å². The summed E-state index contributed by atoms with van der Waals surface area (Å²) in [6.45, 7) is 10.2. The monoisotopic (exact) mass is 342 g/mol. The third-order valence-corrected chi connectivity index (χ3v) is 3.53. The number of ether oxygens (including phenoxy) is 1. The van der Waals surface area contributed by atoms with Gasteiger partial charge >= 0.3 is 0 Å². The maximum atomic E-state index is 12.3. The fraction of sp³-hybridized carbons (Fsp3) is 0.294. The van der Waals surface area contributed by atoms with Crippen molar-refractivity contribution in [2.75, 3.05) is 32.1 Å². The predicted octanol–water partition coefficient (Wildman–Crippen LogP) is 1.59. The summed E-state index contributed by atoms with van der Waals surface area (Å²) in [4.78, 5) is 13.9. The molecule has 1 aromatic carbocycles. The van der Waals surface area contributed by atoms with Crippen LogP contribution in [-0.4, -0.2) is 57.8 Å². The van der Waals surface area contributed by atoms with Gasteiger partial charge in [0.05, 0.1) is 13.7 Å². The Labute approximate surface area is 146 Å². The summed E-state index contributed by atoms with van der Waals surface area (Å²) >= 11 is 0. The Hall–Kier alpha value is -3.16. The van der Waals surface area contributed by atoms with Gasteiger partial charge < -0.3 is 15.0 Å². The smallest absolute Gasteiger partial charge is 0.242 e. The number of nitrogens with zero attached hydrogens (tertiary/aromatic N) is 5. The number of nitrogens with one attached hydrogen (secondary N) is 1. The van der Waals surface area contributed by atoms with Gasteiger partial charge in [-0.2, -0.15) is 4.68 Å². The van der Waals surface area contributed by atoms with Crippen molar-refractivity contribution in [2.24, 2.45) is 0 Å². The standard InChI is InChI=1S/C17H22N6O2/c1-5-9-22(10-6-2)17(24)12-18-14-7-8-16(25-4)15(11-14)23-13(3)19-20-21-23/h5-8,11,18H,1-2,9-10,12H2,3-4H3. The molecular weight excluding hydrogens is 320 g/mol. The van der Waals surface area contributed by atoms with Crippen molar-refractivity contribution in [3.05, 3.63) is 49.3 Å². The summed E-state index contributed by atoms with van der Waals surface area (Å²) in [5.74, 6) is 1.22. The highest BCUT2D eigenvalue weighted by Crippen LogP contribution is 2.26. The van der Waals surface area contributed by atoms with E-state index < -0.39 is 0 Å². The summed E-state index contributed by atoms with van der Waals surface area (Å²) in [6.07, 6.45) is 3.38. The molecule has 0 saturated carbocycles. The molecular formula is C17H22N6O2. The minimum atomic E-state index is -0.0456. The lowest BCUT2D eigenvalue weighted by molar-refractivity contribution is -0.128. The molecule has 8 heteroatoms. The van der Waals surface area contributed by atoms with Crippen LogP contribution in [0.2, 0.25) is 0 Å². The number of hydrogen-bond acceptors (Lipinski definition) is 6. The van der Waals surface area contributed by atoms with Crippen LogP contribution in [-0.2, 0) is 4.79 Å². The second kappa shape index (κ2) is 8.62. The lowest BCUT2D eigenvalue weighted by Gasteiger charge is -2.20. The molecule has 0 radical (unpaired) electrons. The lowest BCUT2D eigenvalue weighted by atomic mass is 10.2. The molecule has 1 aromatic heterocycles. The van der Waals surface area contributed by atoms with Gasteiger partial charge in [0, 0.05) is 18.8 Å². The number of amides is 1. The highest BCUT2D eigenvalue weighted by atomic mass is 16.5. The van der Waals surface area contributed by atoms with Crippen molar-refractivity contribution in [3.8, 4) is 11.4 Å². The van der Waals surface area contributed by atoms with Crippen molar-refractivity contribution >= 4 is 11.6 Å². The van der Waals surface area contributed by atoms with E-state index in [0.717, 1.165) is 5.69 Å². The van der Waals surface area contributed by atoms with Crippen LogP contribution in [0, 0.1) is 6.92 Å². The van der Waals surface area contributed by atoms with E-state index in [2.05, 4.69) is 34.0 Å². The molecule has 0 atom stereocenters. The largest absolute Gasteiger partial charge is 0.494 e. The Kier molecular flexibility index (Phi) is 6.27. The maximum absolute atomic E-state index is 12.3. The molecule has 0 saturated heterocycles. The number of carbonyl (C=O) groups is 1. The Balaban J connectivity index is 2.15. The second-order valence-electron chi connectivity index (χ2n) is 5.25. The van der Waals surface area contributed by atoms with Gasteiger partial charge in [0.15, 0.2) is 5.82 Å². The fourth-order valence-electron chi connectivity index (χ4n) is 2.30. The van der Waals surface area contributed by atoms with Gasteiger partial charge in [-0.15, -0.1) is 18.3 Å². The first-order valence-electron chi connectivity index (χ1n) is 7.77. The number of rotatable bonds is 9. The highest BCUT2D eigenvalue weighted by molar-refractivity contribution is 5.81. The van der Waals surface area contributed by atoms with Gasteiger partial charge in [-0.3, -0.25) is 4.79 Å². The van der Waals surface area contributed by atoms with Crippen LogP contribution in [0.25, 0.3) is 5.69 Å². The molecule has 2 rings (SSSR count). The minimum Gasteiger partial charge on any atom is -0.494 e. The van der Waals surface area contributed by atoms with Crippen LogP contribution in [0.5, 0.6) is 5.75 Å². The molecule has 1 heterocycles. The van der Waals surface area contributed by atoms with Gasteiger partial charge in [-0.05, 0) is 35.5 Å². The van der Waals surface area contributed by atoms with Crippen molar-refractivity contribution < 1.29 is 9.53 Å². The third kappa shape index (κ3) is 4.43. The third-order valence-electron chi connectivity index (χ3n) is 3.53. The number of hydrogen-bond donors (Lipinski definition) is 1. The van der Waals surface area contributed by atoms with E-state index in [1.54, 1.807) is 41.8 Å².